The number of nitriles is 1. The smallest absolute Gasteiger partial charge is 0.271 e. The number of carbonyl (C=O) groups excluding carboxylic acids is 2. The Hall–Kier alpha value is -4.07. The van der Waals surface area contributed by atoms with Gasteiger partial charge in [0.05, 0.1) is 17.0 Å². The van der Waals surface area contributed by atoms with Gasteiger partial charge in [0.2, 0.25) is 5.88 Å². The number of benzene rings is 2. The summed E-state index contributed by atoms with van der Waals surface area (Å²) in [6, 6.07) is 16.6. The number of ketones is 1. The number of thiocarbonyl (C=S) groups is 1. The molecule has 37 heavy (non-hydrogen) atoms. The van der Waals surface area contributed by atoms with Crippen molar-refractivity contribution in [3.63, 3.8) is 0 Å². The van der Waals surface area contributed by atoms with Gasteiger partial charge in [-0.1, -0.05) is 66.4 Å². The van der Waals surface area contributed by atoms with Crippen LogP contribution in [0.4, 0.5) is 4.39 Å². The standard InChI is InChI=1S/C27H20FN3O4S2/c1-16-20(14-29)24(33)30(12-11-17-5-3-2-4-6-17)26(35)23(16)21(32)15-31-25(34)22(37-27(31)36)13-18-7-9-19(28)10-8-18/h2-10,13,35H,11-12,15H2,1H3/b22-13-. The molecule has 0 spiro atoms. The molecule has 0 radical (unpaired) electrons. The topological polar surface area (TPSA) is 103 Å². The predicted octanol–water partition coefficient (Wildman–Crippen LogP) is 4.20. The van der Waals surface area contributed by atoms with Crippen LogP contribution >= 0.6 is 24.0 Å². The van der Waals surface area contributed by atoms with Crippen molar-refractivity contribution in [2.45, 2.75) is 19.9 Å². The summed E-state index contributed by atoms with van der Waals surface area (Å²) in [6.07, 6.45) is 1.93. The molecule has 0 atom stereocenters. The minimum absolute atomic E-state index is 0.0401. The van der Waals surface area contributed by atoms with Gasteiger partial charge in [-0.05, 0) is 48.2 Å². The third kappa shape index (κ3) is 5.38. The summed E-state index contributed by atoms with van der Waals surface area (Å²) in [5, 5.41) is 20.5. The first-order valence-electron chi connectivity index (χ1n) is 11.2. The Morgan fingerprint density at radius 2 is 1.84 bits per heavy atom. The SMILES string of the molecule is Cc1c(C(=O)CN2C(=O)/C(=C/c3ccc(F)cc3)SC2=S)c(O)n(CCc2ccccc2)c(=O)c1C#N. The van der Waals surface area contributed by atoms with Gasteiger partial charge in [-0.2, -0.15) is 5.26 Å². The molecule has 1 amide bonds. The van der Waals surface area contributed by atoms with Crippen LogP contribution in [0.25, 0.3) is 6.08 Å². The van der Waals surface area contributed by atoms with Crippen molar-refractivity contribution < 1.29 is 19.1 Å². The average Bonchev–Trinajstić information content (AvgIpc) is 3.13. The average molecular weight is 534 g/mol. The maximum atomic E-state index is 13.3. The largest absolute Gasteiger partial charge is 0.494 e. The Bertz CT molecular complexity index is 1540. The van der Waals surface area contributed by atoms with Crippen molar-refractivity contribution in [3.8, 4) is 11.9 Å². The van der Waals surface area contributed by atoms with E-state index in [0.29, 0.717) is 12.0 Å². The number of pyridine rings is 1. The molecule has 1 fully saturated rings. The highest BCUT2D eigenvalue weighted by Crippen LogP contribution is 2.33. The van der Waals surface area contributed by atoms with E-state index < -0.39 is 35.5 Å². The number of halogens is 1. The van der Waals surface area contributed by atoms with E-state index in [1.54, 1.807) is 6.08 Å². The minimum atomic E-state index is -0.696. The number of rotatable bonds is 7. The third-order valence-electron chi connectivity index (χ3n) is 5.89. The number of thioether (sulfide) groups is 1. The highest BCUT2D eigenvalue weighted by atomic mass is 32.2. The summed E-state index contributed by atoms with van der Waals surface area (Å²) >= 11 is 6.30. The summed E-state index contributed by atoms with van der Waals surface area (Å²) < 4.78 is 14.3. The molecule has 4 rings (SSSR count). The summed E-state index contributed by atoms with van der Waals surface area (Å²) in [6.45, 7) is 0.972. The Morgan fingerprint density at radius 1 is 1.16 bits per heavy atom. The second-order valence-electron chi connectivity index (χ2n) is 8.25. The number of aromatic hydroxyl groups is 1. The number of aromatic nitrogens is 1. The van der Waals surface area contributed by atoms with Crippen LogP contribution in [0.2, 0.25) is 0 Å². The lowest BCUT2D eigenvalue weighted by molar-refractivity contribution is -0.121. The molecule has 1 saturated heterocycles. The number of Topliss-reactive ketones (excluding diaryl/α,β-unsaturated/α-hetero) is 1. The van der Waals surface area contributed by atoms with Crippen molar-refractivity contribution in [3.05, 3.63) is 103 Å². The van der Waals surface area contributed by atoms with Crippen LogP contribution < -0.4 is 5.56 Å². The molecular weight excluding hydrogens is 513 g/mol. The van der Waals surface area contributed by atoms with E-state index in [-0.39, 0.29) is 32.5 Å². The molecule has 1 aliphatic heterocycles. The van der Waals surface area contributed by atoms with Crippen molar-refractivity contribution in [2.75, 3.05) is 6.54 Å². The van der Waals surface area contributed by atoms with E-state index in [2.05, 4.69) is 0 Å². The van der Waals surface area contributed by atoms with Crippen LogP contribution in [0.5, 0.6) is 5.88 Å². The zero-order valence-corrected chi connectivity index (χ0v) is 21.2. The molecule has 186 valence electrons. The van der Waals surface area contributed by atoms with Gasteiger partial charge in [-0.15, -0.1) is 0 Å². The molecule has 1 N–H and O–H groups in total. The van der Waals surface area contributed by atoms with E-state index in [0.717, 1.165) is 26.8 Å². The van der Waals surface area contributed by atoms with Crippen LogP contribution in [0.1, 0.15) is 32.6 Å². The number of hydrogen-bond acceptors (Lipinski definition) is 7. The van der Waals surface area contributed by atoms with Crippen molar-refractivity contribution in [1.82, 2.24) is 9.47 Å². The zero-order valence-electron chi connectivity index (χ0n) is 19.6. The van der Waals surface area contributed by atoms with Gasteiger partial charge in [-0.25, -0.2) is 4.39 Å². The number of hydrogen-bond donors (Lipinski definition) is 1. The first kappa shape index (κ1) is 26.0. The Kier molecular flexibility index (Phi) is 7.66. The summed E-state index contributed by atoms with van der Waals surface area (Å²) in [5.41, 5.74) is 0.379. The quantitative estimate of drug-likeness (QED) is 0.276. The summed E-state index contributed by atoms with van der Waals surface area (Å²) in [7, 11) is 0. The Balaban J connectivity index is 1.62. The monoisotopic (exact) mass is 533 g/mol. The van der Waals surface area contributed by atoms with Gasteiger partial charge in [0, 0.05) is 6.54 Å². The predicted molar refractivity (Wildman–Crippen MR) is 143 cm³/mol. The van der Waals surface area contributed by atoms with E-state index in [4.69, 9.17) is 12.2 Å². The molecular formula is C27H20FN3O4S2. The molecule has 0 aliphatic carbocycles. The first-order chi connectivity index (χ1) is 17.7. The van der Waals surface area contributed by atoms with Crippen LogP contribution in [0.15, 0.2) is 64.3 Å². The molecule has 2 heterocycles. The molecule has 0 unspecified atom stereocenters. The number of amides is 1. The van der Waals surface area contributed by atoms with Crippen molar-refractivity contribution in [2.24, 2.45) is 0 Å². The Morgan fingerprint density at radius 3 is 2.49 bits per heavy atom. The van der Waals surface area contributed by atoms with Crippen LogP contribution in [-0.4, -0.2) is 37.1 Å². The lowest BCUT2D eigenvalue weighted by Crippen LogP contribution is -2.35. The van der Waals surface area contributed by atoms with Gasteiger partial charge in [0.1, 0.15) is 21.8 Å². The molecule has 7 nitrogen and oxygen atoms in total. The molecule has 1 aliphatic rings. The first-order valence-corrected chi connectivity index (χ1v) is 12.4. The van der Waals surface area contributed by atoms with E-state index in [9.17, 15) is 29.1 Å². The van der Waals surface area contributed by atoms with Gasteiger partial charge >= 0.3 is 0 Å². The molecule has 2 aromatic carbocycles. The summed E-state index contributed by atoms with van der Waals surface area (Å²) in [4.78, 5) is 40.5. The van der Waals surface area contributed by atoms with E-state index in [1.807, 2.05) is 36.4 Å². The molecule has 1 aromatic heterocycles. The highest BCUT2D eigenvalue weighted by Gasteiger charge is 2.35. The van der Waals surface area contributed by atoms with Crippen LogP contribution in [-0.2, 0) is 17.8 Å². The van der Waals surface area contributed by atoms with Crippen LogP contribution in [0.3, 0.4) is 0 Å². The van der Waals surface area contributed by atoms with Gasteiger partial charge in [0.15, 0.2) is 5.78 Å². The number of nitrogens with zero attached hydrogens (tertiary/aromatic N) is 3. The molecule has 0 saturated carbocycles. The van der Waals surface area contributed by atoms with Gasteiger partial charge in [-0.3, -0.25) is 23.9 Å². The fourth-order valence-corrected chi connectivity index (χ4v) is 5.20. The Labute approximate surface area is 221 Å². The fraction of sp³-hybridized carbons (Fsp3) is 0.148. The normalized spacial score (nSPS) is 14.3. The maximum Gasteiger partial charge on any atom is 0.271 e. The lowest BCUT2D eigenvalue weighted by Gasteiger charge is -2.18. The van der Waals surface area contributed by atoms with E-state index >= 15 is 0 Å². The van der Waals surface area contributed by atoms with Gasteiger partial charge < -0.3 is 5.11 Å². The van der Waals surface area contributed by atoms with Crippen molar-refractivity contribution in [1.29, 1.82) is 5.26 Å². The number of aryl methyl sites for hydroxylation is 1. The highest BCUT2D eigenvalue weighted by molar-refractivity contribution is 8.26. The lowest BCUT2D eigenvalue weighted by atomic mass is 10.0. The third-order valence-corrected chi connectivity index (χ3v) is 7.27. The maximum absolute atomic E-state index is 13.3. The summed E-state index contributed by atoms with van der Waals surface area (Å²) in [5.74, 6) is -2.15. The zero-order chi connectivity index (χ0) is 26.7. The minimum Gasteiger partial charge on any atom is -0.494 e. The van der Waals surface area contributed by atoms with Crippen molar-refractivity contribution >= 4 is 46.1 Å². The molecule has 0 bridgehead atoms. The van der Waals surface area contributed by atoms with Gasteiger partial charge in [0.25, 0.3) is 11.5 Å². The molecule has 3 aromatic rings. The fourth-order valence-electron chi connectivity index (χ4n) is 3.95. The second kappa shape index (κ2) is 10.9. The second-order valence-corrected chi connectivity index (χ2v) is 9.92. The van der Waals surface area contributed by atoms with E-state index in [1.165, 1.54) is 31.2 Å². The van der Waals surface area contributed by atoms with Crippen LogP contribution in [0, 0.1) is 24.1 Å². The molecule has 10 heteroatoms. The number of carbonyl (C=O) groups is 2.